The lowest BCUT2D eigenvalue weighted by atomic mass is 10.2. The van der Waals surface area contributed by atoms with Crippen molar-refractivity contribution in [1.29, 1.82) is 0 Å². The second-order valence-electron chi connectivity index (χ2n) is 2.88. The Bertz CT molecular complexity index is 319. The van der Waals surface area contributed by atoms with E-state index in [2.05, 4.69) is 4.98 Å². The summed E-state index contributed by atoms with van der Waals surface area (Å²) in [6, 6.07) is 1.53. The van der Waals surface area contributed by atoms with Crippen molar-refractivity contribution in [3.63, 3.8) is 0 Å². The Morgan fingerprint density at radius 2 is 2.29 bits per heavy atom. The molecule has 0 aromatic carbocycles. The van der Waals surface area contributed by atoms with Gasteiger partial charge in [-0.15, -0.1) is 4.98 Å². The molecule has 5 nitrogen and oxygen atoms in total. The van der Waals surface area contributed by atoms with Gasteiger partial charge in [0.25, 0.3) is 0 Å². The smallest absolute Gasteiger partial charge is 0.344 e. The molecule has 1 heterocycles. The van der Waals surface area contributed by atoms with Crippen molar-refractivity contribution in [2.45, 2.75) is 19.3 Å². The molecule has 0 radical (unpaired) electrons. The molecule has 0 bridgehead atoms. The number of anilines is 2. The minimum absolute atomic E-state index is 0.0786. The monoisotopic (exact) mass is 212 g/mol. The van der Waals surface area contributed by atoms with Gasteiger partial charge in [-0.25, -0.2) is 4.73 Å². The second kappa shape index (κ2) is 4.71. The molecule has 0 aliphatic rings. The number of rotatable bonds is 4. The summed E-state index contributed by atoms with van der Waals surface area (Å²) in [5.41, 5.74) is 11.5. The third kappa shape index (κ3) is 2.53. The fourth-order valence-electron chi connectivity index (χ4n) is 1.08. The topological polar surface area (TPSA) is 91.9 Å². The highest BCUT2D eigenvalue weighted by molar-refractivity contribution is 7.78. The maximum Gasteiger partial charge on any atom is 0.344 e. The van der Waals surface area contributed by atoms with Gasteiger partial charge in [0.15, 0.2) is 5.82 Å². The van der Waals surface area contributed by atoms with Crippen LogP contribution in [0, 0.1) is 5.21 Å². The molecule has 76 valence electrons. The summed E-state index contributed by atoms with van der Waals surface area (Å²) >= 11 is 4.69. The van der Waals surface area contributed by atoms with E-state index in [0.717, 1.165) is 25.0 Å². The van der Waals surface area contributed by atoms with Gasteiger partial charge in [-0.3, -0.25) is 0 Å². The summed E-state index contributed by atoms with van der Waals surface area (Å²) < 4.78 is 0.405. The molecule has 0 saturated carbocycles. The highest BCUT2D eigenvalue weighted by Crippen LogP contribution is 2.05. The summed E-state index contributed by atoms with van der Waals surface area (Å²) in [4.78, 5) is 3.91. The fourth-order valence-corrected chi connectivity index (χ4v) is 1.25. The van der Waals surface area contributed by atoms with E-state index in [9.17, 15) is 5.21 Å². The summed E-state index contributed by atoms with van der Waals surface area (Å²) in [5, 5.41) is 12.7. The Morgan fingerprint density at radius 1 is 1.57 bits per heavy atom. The van der Waals surface area contributed by atoms with Gasteiger partial charge in [0.1, 0.15) is 5.69 Å². The van der Waals surface area contributed by atoms with Crippen LogP contribution in [-0.4, -0.2) is 10.4 Å². The van der Waals surface area contributed by atoms with E-state index in [-0.39, 0.29) is 11.8 Å². The van der Waals surface area contributed by atoms with Crippen molar-refractivity contribution in [2.75, 3.05) is 11.5 Å². The average molecular weight is 212 g/mol. The SMILES string of the molecule is Nc1cc(CCCC=S)nc(N)[n+]1[O-]. The lowest BCUT2D eigenvalue weighted by Gasteiger charge is -2.09. The minimum atomic E-state index is -0.109. The predicted octanol–water partition coefficient (Wildman–Crippen LogP) is 0.202. The number of nitrogens with two attached hydrogens (primary N) is 2. The lowest BCUT2D eigenvalue weighted by molar-refractivity contribution is -0.577. The summed E-state index contributed by atoms with van der Waals surface area (Å²) in [5.74, 6) is -0.0304. The van der Waals surface area contributed by atoms with Crippen LogP contribution >= 0.6 is 12.2 Å². The molecule has 1 rings (SSSR count). The number of nitrogens with zero attached hydrogens (tertiary/aromatic N) is 2. The van der Waals surface area contributed by atoms with E-state index in [4.69, 9.17) is 23.7 Å². The van der Waals surface area contributed by atoms with Gasteiger partial charge in [-0.1, -0.05) is 12.2 Å². The third-order valence-corrected chi connectivity index (χ3v) is 2.01. The zero-order valence-corrected chi connectivity index (χ0v) is 8.46. The van der Waals surface area contributed by atoms with Gasteiger partial charge < -0.3 is 16.7 Å². The quantitative estimate of drug-likeness (QED) is 0.322. The van der Waals surface area contributed by atoms with Crippen molar-refractivity contribution in [3.05, 3.63) is 17.0 Å². The Kier molecular flexibility index (Phi) is 3.58. The van der Waals surface area contributed by atoms with Crippen LogP contribution in [0.1, 0.15) is 18.5 Å². The Hall–Kier alpha value is -1.43. The van der Waals surface area contributed by atoms with Gasteiger partial charge in [-0.05, 0) is 18.2 Å². The maximum atomic E-state index is 11.0. The average Bonchev–Trinajstić information content (AvgIpc) is 2.14. The first-order valence-corrected chi connectivity index (χ1v) is 4.70. The molecule has 1 aromatic rings. The molecule has 0 saturated heterocycles. The van der Waals surface area contributed by atoms with Gasteiger partial charge >= 0.3 is 5.95 Å². The zero-order valence-electron chi connectivity index (χ0n) is 7.64. The van der Waals surface area contributed by atoms with E-state index >= 15 is 0 Å². The van der Waals surface area contributed by atoms with Crippen LogP contribution in [0.3, 0.4) is 0 Å². The summed E-state index contributed by atoms with van der Waals surface area (Å²) in [6.45, 7) is 0. The number of nitrogen functional groups attached to an aromatic ring is 2. The number of unbranched alkanes of at least 4 members (excludes halogenated alkanes) is 1. The molecule has 4 N–H and O–H groups in total. The van der Waals surface area contributed by atoms with Crippen LogP contribution in [0.4, 0.5) is 11.8 Å². The molecule has 0 fully saturated rings. The van der Waals surface area contributed by atoms with E-state index in [1.54, 1.807) is 5.37 Å². The van der Waals surface area contributed by atoms with Crippen molar-refractivity contribution in [2.24, 2.45) is 0 Å². The van der Waals surface area contributed by atoms with Gasteiger partial charge in [0, 0.05) is 12.5 Å². The highest BCUT2D eigenvalue weighted by Gasteiger charge is 2.06. The van der Waals surface area contributed by atoms with E-state index in [1.807, 2.05) is 0 Å². The molecule has 14 heavy (non-hydrogen) atoms. The molecule has 1 aromatic heterocycles. The van der Waals surface area contributed by atoms with E-state index < -0.39 is 0 Å². The standard InChI is InChI=1S/C8H12N4OS/c9-7-5-6(3-1-2-4-14)11-8(10)12(7)13/h4-5H,1-3,9H2,(H2,10,11). The van der Waals surface area contributed by atoms with Crippen LogP contribution in [0.25, 0.3) is 0 Å². The fraction of sp³-hybridized carbons (Fsp3) is 0.375. The Balaban J connectivity index is 2.74. The number of hydrogen-bond donors (Lipinski definition) is 2. The highest BCUT2D eigenvalue weighted by atomic mass is 32.1. The van der Waals surface area contributed by atoms with Gasteiger partial charge in [-0.2, -0.15) is 0 Å². The number of hydrogen-bond acceptors (Lipinski definition) is 5. The number of aryl methyl sites for hydroxylation is 1. The van der Waals surface area contributed by atoms with E-state index in [0.29, 0.717) is 4.73 Å². The van der Waals surface area contributed by atoms with Crippen LogP contribution in [0.5, 0.6) is 0 Å². The molecular weight excluding hydrogens is 200 g/mol. The molecule has 0 unspecified atom stereocenters. The van der Waals surface area contributed by atoms with Crippen molar-refractivity contribution in [3.8, 4) is 0 Å². The van der Waals surface area contributed by atoms with Crippen LogP contribution in [0.15, 0.2) is 6.07 Å². The van der Waals surface area contributed by atoms with Gasteiger partial charge in [0.05, 0.1) is 0 Å². The molecule has 0 aliphatic heterocycles. The zero-order chi connectivity index (χ0) is 10.6. The first kappa shape index (κ1) is 10.6. The summed E-state index contributed by atoms with van der Waals surface area (Å²) in [7, 11) is 0. The first-order chi connectivity index (χ1) is 6.65. The van der Waals surface area contributed by atoms with Crippen LogP contribution in [-0.2, 0) is 6.42 Å². The van der Waals surface area contributed by atoms with E-state index in [1.165, 1.54) is 6.07 Å². The number of aromatic nitrogens is 2. The van der Waals surface area contributed by atoms with Gasteiger partial charge in [0.2, 0.25) is 0 Å². The molecule has 0 atom stereocenters. The van der Waals surface area contributed by atoms with Crippen molar-refractivity contribution in [1.82, 2.24) is 4.98 Å². The molecule has 0 amide bonds. The first-order valence-electron chi connectivity index (χ1n) is 4.23. The third-order valence-electron chi connectivity index (χ3n) is 1.77. The second-order valence-corrected chi connectivity index (χ2v) is 3.22. The maximum absolute atomic E-state index is 11.0. The molecular formula is C8H12N4OS. The van der Waals surface area contributed by atoms with Crippen molar-refractivity contribution >= 4 is 29.4 Å². The summed E-state index contributed by atoms with van der Waals surface area (Å²) in [6.07, 6.45) is 2.45. The normalized spacial score (nSPS) is 10.0. The minimum Gasteiger partial charge on any atom is -0.754 e. The van der Waals surface area contributed by atoms with Crippen molar-refractivity contribution < 1.29 is 4.73 Å². The van der Waals surface area contributed by atoms with Crippen LogP contribution < -0.4 is 16.2 Å². The predicted molar refractivity (Wildman–Crippen MR) is 58.6 cm³/mol. The Morgan fingerprint density at radius 3 is 2.86 bits per heavy atom. The number of thiocarbonyl (C=S) groups is 1. The van der Waals surface area contributed by atoms with Crippen LogP contribution in [0.2, 0.25) is 0 Å². The Labute approximate surface area is 87.3 Å². The molecule has 6 heteroatoms. The molecule has 0 aliphatic carbocycles. The lowest BCUT2D eigenvalue weighted by Crippen LogP contribution is -2.35. The molecule has 0 spiro atoms. The largest absolute Gasteiger partial charge is 0.754 e.